The molecule has 21 heavy (non-hydrogen) atoms. The predicted octanol–water partition coefficient (Wildman–Crippen LogP) is 2.46. The molecule has 0 fully saturated rings. The van der Waals surface area contributed by atoms with Crippen LogP contribution in [0.15, 0.2) is 17.2 Å². The number of aryl methyl sites for hydroxylation is 1. The minimum Gasteiger partial charge on any atom is -0.349 e. The van der Waals surface area contributed by atoms with E-state index in [9.17, 15) is 8.42 Å². The van der Waals surface area contributed by atoms with Gasteiger partial charge < -0.3 is 10.3 Å². The van der Waals surface area contributed by atoms with Gasteiger partial charge in [0.15, 0.2) is 0 Å². The van der Waals surface area contributed by atoms with Crippen LogP contribution in [-0.2, 0) is 23.1 Å². The van der Waals surface area contributed by atoms with Gasteiger partial charge in [0, 0.05) is 30.5 Å². The molecule has 0 aliphatic rings. The Kier molecular flexibility index (Phi) is 5.29. The first-order valence-corrected chi connectivity index (χ1v) is 8.81. The fourth-order valence-corrected chi connectivity index (χ4v) is 4.40. The van der Waals surface area contributed by atoms with Crippen molar-refractivity contribution in [3.63, 3.8) is 0 Å². The van der Waals surface area contributed by atoms with Gasteiger partial charge in [-0.05, 0) is 38.7 Å². The van der Waals surface area contributed by atoms with Gasteiger partial charge in [-0.2, -0.15) is 0 Å². The molecule has 0 bridgehead atoms. The zero-order valence-electron chi connectivity index (χ0n) is 14.0. The molecule has 0 unspecified atom stereocenters. The first-order chi connectivity index (χ1) is 9.40. The van der Waals surface area contributed by atoms with Crippen LogP contribution in [0, 0.1) is 5.41 Å². The van der Waals surface area contributed by atoms with Gasteiger partial charge in [-0.25, -0.2) is 13.1 Å². The normalized spacial score (nSPS) is 13.7. The van der Waals surface area contributed by atoms with Gasteiger partial charge in [-0.3, -0.25) is 0 Å². The highest BCUT2D eigenvalue weighted by atomic mass is 32.2. The fraction of sp³-hybridized carbons (Fsp3) is 0.733. The Balaban J connectivity index is 3.04. The van der Waals surface area contributed by atoms with Gasteiger partial charge in [0.1, 0.15) is 0 Å². The second kappa shape index (κ2) is 6.10. The van der Waals surface area contributed by atoms with Crippen molar-refractivity contribution in [1.29, 1.82) is 0 Å². The van der Waals surface area contributed by atoms with Gasteiger partial charge >= 0.3 is 0 Å². The highest BCUT2D eigenvalue weighted by Crippen LogP contribution is 2.28. The highest BCUT2D eigenvalue weighted by Gasteiger charge is 2.31. The van der Waals surface area contributed by atoms with E-state index < -0.39 is 15.6 Å². The van der Waals surface area contributed by atoms with Gasteiger partial charge in [-0.1, -0.05) is 20.8 Å². The van der Waals surface area contributed by atoms with E-state index in [1.165, 1.54) is 0 Å². The number of sulfonamides is 1. The Hall–Kier alpha value is -0.850. The van der Waals surface area contributed by atoms with Crippen LogP contribution < -0.4 is 10.5 Å². The van der Waals surface area contributed by atoms with Crippen LogP contribution in [0.1, 0.15) is 53.7 Å². The molecule has 5 nitrogen and oxygen atoms in total. The van der Waals surface area contributed by atoms with E-state index in [2.05, 4.69) is 25.5 Å². The maximum atomic E-state index is 12.6. The number of rotatable bonds is 6. The summed E-state index contributed by atoms with van der Waals surface area (Å²) in [5.74, 6) is 0. The van der Waals surface area contributed by atoms with E-state index in [-0.39, 0.29) is 10.3 Å². The lowest BCUT2D eigenvalue weighted by Gasteiger charge is -2.32. The minimum absolute atomic E-state index is 0.0454. The predicted molar refractivity (Wildman–Crippen MR) is 86.5 cm³/mol. The first-order valence-electron chi connectivity index (χ1n) is 7.33. The third-order valence-corrected chi connectivity index (χ3v) is 4.87. The standard InChI is InChI=1S/C15H29N3O2S/c1-7-18-10-13(8-12(18)9-16)21(19,20)17-15(5,6)11-14(2,3)4/h8,10,17H,7,9,11,16H2,1-6H3. The SMILES string of the molecule is CCn1cc(S(=O)(=O)NC(C)(C)CC(C)(C)C)cc1CN. The van der Waals surface area contributed by atoms with Gasteiger partial charge in [0.2, 0.25) is 10.0 Å². The molecule has 0 spiro atoms. The summed E-state index contributed by atoms with van der Waals surface area (Å²) in [4.78, 5) is 0.284. The van der Waals surface area contributed by atoms with E-state index in [4.69, 9.17) is 5.73 Å². The van der Waals surface area contributed by atoms with Crippen molar-refractivity contribution in [1.82, 2.24) is 9.29 Å². The number of aromatic nitrogens is 1. The molecule has 0 saturated heterocycles. The molecule has 0 aliphatic heterocycles. The minimum atomic E-state index is -3.54. The van der Waals surface area contributed by atoms with Gasteiger partial charge in [0.05, 0.1) is 4.90 Å². The van der Waals surface area contributed by atoms with Crippen molar-refractivity contribution in [2.45, 2.75) is 71.5 Å². The van der Waals surface area contributed by atoms with Crippen molar-refractivity contribution in [3.05, 3.63) is 18.0 Å². The zero-order chi connectivity index (χ0) is 16.5. The average Bonchev–Trinajstić information content (AvgIpc) is 2.67. The molecule has 0 saturated carbocycles. The second-order valence-corrected chi connectivity index (χ2v) is 9.07. The summed E-state index contributed by atoms with van der Waals surface area (Å²) in [6, 6.07) is 1.65. The summed E-state index contributed by atoms with van der Waals surface area (Å²) >= 11 is 0. The number of nitrogens with two attached hydrogens (primary N) is 1. The molecule has 1 heterocycles. The Morgan fingerprint density at radius 3 is 2.19 bits per heavy atom. The first kappa shape index (κ1) is 18.2. The van der Waals surface area contributed by atoms with Crippen molar-refractivity contribution in [2.75, 3.05) is 0 Å². The largest absolute Gasteiger partial charge is 0.349 e. The Morgan fingerprint density at radius 1 is 1.24 bits per heavy atom. The molecular weight excluding hydrogens is 286 g/mol. The number of nitrogens with one attached hydrogen (secondary N) is 1. The van der Waals surface area contributed by atoms with Crippen molar-refractivity contribution in [2.24, 2.45) is 11.1 Å². The quantitative estimate of drug-likeness (QED) is 0.846. The second-order valence-electron chi connectivity index (χ2n) is 7.38. The molecule has 1 aromatic rings. The monoisotopic (exact) mass is 315 g/mol. The number of hydrogen-bond donors (Lipinski definition) is 2. The summed E-state index contributed by atoms with van der Waals surface area (Å²) in [6.07, 6.45) is 2.40. The van der Waals surface area contributed by atoms with Crippen LogP contribution in [0.3, 0.4) is 0 Å². The molecule has 3 N–H and O–H groups in total. The molecular formula is C15H29N3O2S. The summed E-state index contributed by atoms with van der Waals surface area (Å²) in [7, 11) is -3.54. The lowest BCUT2D eigenvalue weighted by atomic mass is 9.82. The molecule has 0 amide bonds. The lowest BCUT2D eigenvalue weighted by Crippen LogP contribution is -2.45. The summed E-state index contributed by atoms with van der Waals surface area (Å²) in [5, 5.41) is 0. The van der Waals surface area contributed by atoms with Crippen LogP contribution >= 0.6 is 0 Å². The molecule has 0 radical (unpaired) electrons. The smallest absolute Gasteiger partial charge is 0.242 e. The third kappa shape index (κ3) is 5.13. The van der Waals surface area contributed by atoms with Crippen LogP contribution in [0.5, 0.6) is 0 Å². The highest BCUT2D eigenvalue weighted by molar-refractivity contribution is 7.89. The molecule has 0 atom stereocenters. The molecule has 1 rings (SSSR count). The fourth-order valence-electron chi connectivity index (χ4n) is 2.92. The molecule has 6 heteroatoms. The van der Waals surface area contributed by atoms with E-state index in [1.54, 1.807) is 12.3 Å². The van der Waals surface area contributed by atoms with Gasteiger partial charge in [-0.15, -0.1) is 0 Å². The zero-order valence-corrected chi connectivity index (χ0v) is 14.8. The Morgan fingerprint density at radius 2 is 1.81 bits per heavy atom. The summed E-state index contributed by atoms with van der Waals surface area (Å²) in [5.41, 5.74) is 6.02. The summed E-state index contributed by atoms with van der Waals surface area (Å²) in [6.45, 7) is 13.1. The van der Waals surface area contributed by atoms with Crippen LogP contribution in [0.2, 0.25) is 0 Å². The molecule has 0 aromatic carbocycles. The van der Waals surface area contributed by atoms with Crippen molar-refractivity contribution >= 4 is 10.0 Å². The van der Waals surface area contributed by atoms with E-state index in [0.717, 1.165) is 12.1 Å². The maximum Gasteiger partial charge on any atom is 0.242 e. The van der Waals surface area contributed by atoms with Crippen molar-refractivity contribution in [3.8, 4) is 0 Å². The van der Waals surface area contributed by atoms with Gasteiger partial charge in [0.25, 0.3) is 0 Å². The Labute approximate surface area is 129 Å². The third-order valence-electron chi connectivity index (χ3n) is 3.20. The Bertz CT molecular complexity index is 559. The average molecular weight is 315 g/mol. The number of nitrogens with zero attached hydrogens (tertiary/aromatic N) is 1. The molecule has 1 aromatic heterocycles. The van der Waals surface area contributed by atoms with Crippen LogP contribution in [-0.4, -0.2) is 18.5 Å². The lowest BCUT2D eigenvalue weighted by molar-refractivity contribution is 0.269. The van der Waals surface area contributed by atoms with E-state index in [1.807, 2.05) is 25.3 Å². The van der Waals surface area contributed by atoms with E-state index in [0.29, 0.717) is 13.1 Å². The number of hydrogen-bond acceptors (Lipinski definition) is 3. The van der Waals surface area contributed by atoms with Crippen LogP contribution in [0.25, 0.3) is 0 Å². The van der Waals surface area contributed by atoms with Crippen molar-refractivity contribution < 1.29 is 8.42 Å². The van der Waals surface area contributed by atoms with Crippen LogP contribution in [0.4, 0.5) is 0 Å². The molecule has 0 aliphatic carbocycles. The maximum absolute atomic E-state index is 12.6. The molecule has 122 valence electrons. The van der Waals surface area contributed by atoms with E-state index >= 15 is 0 Å². The topological polar surface area (TPSA) is 77.1 Å². The summed E-state index contributed by atoms with van der Waals surface area (Å²) < 4.78 is 29.8.